The van der Waals surface area contributed by atoms with Crippen LogP contribution in [-0.4, -0.2) is 48.8 Å². The number of carbonyl (C=O) groups is 2. The fourth-order valence-corrected chi connectivity index (χ4v) is 4.49. The van der Waals surface area contributed by atoms with Crippen LogP contribution in [0.15, 0.2) is 29.2 Å². The van der Waals surface area contributed by atoms with Crippen LogP contribution in [0.3, 0.4) is 0 Å². The smallest absolute Gasteiger partial charge is 0.326 e. The van der Waals surface area contributed by atoms with Crippen LogP contribution in [0.4, 0.5) is 4.39 Å². The number of aliphatic carboxylic acids is 1. The molecule has 144 valence electrons. The van der Waals surface area contributed by atoms with Gasteiger partial charge in [0, 0.05) is 13.1 Å². The zero-order valence-corrected chi connectivity index (χ0v) is 15.3. The van der Waals surface area contributed by atoms with Crippen molar-refractivity contribution in [1.29, 1.82) is 0 Å². The van der Waals surface area contributed by atoms with E-state index in [1.54, 1.807) is 0 Å². The van der Waals surface area contributed by atoms with E-state index in [1.165, 1.54) is 16.4 Å². The summed E-state index contributed by atoms with van der Waals surface area (Å²) in [4.78, 5) is 23.6. The zero-order chi connectivity index (χ0) is 19.3. The highest BCUT2D eigenvalue weighted by molar-refractivity contribution is 7.89. The molecule has 0 spiro atoms. The fourth-order valence-electron chi connectivity index (χ4n) is 2.97. The Morgan fingerprint density at radius 3 is 2.58 bits per heavy atom. The number of amides is 1. The average Bonchev–Trinajstić information content (AvgIpc) is 2.61. The molecule has 1 aliphatic heterocycles. The van der Waals surface area contributed by atoms with Gasteiger partial charge in [0.05, 0.1) is 10.8 Å². The second kappa shape index (κ2) is 8.59. The largest absolute Gasteiger partial charge is 0.480 e. The summed E-state index contributed by atoms with van der Waals surface area (Å²) in [5.41, 5.74) is 0. The Hall–Kier alpha value is -2.00. The van der Waals surface area contributed by atoms with Gasteiger partial charge in [0.15, 0.2) is 0 Å². The summed E-state index contributed by atoms with van der Waals surface area (Å²) in [5.74, 6) is -2.70. The first kappa shape index (κ1) is 20.3. The van der Waals surface area contributed by atoms with Crippen LogP contribution >= 0.6 is 0 Å². The molecular weight excluding hydrogens is 363 g/mol. The molecule has 1 heterocycles. The second-order valence-electron chi connectivity index (χ2n) is 6.34. The van der Waals surface area contributed by atoms with Gasteiger partial charge in [-0.25, -0.2) is 17.6 Å². The minimum atomic E-state index is -3.83. The van der Waals surface area contributed by atoms with E-state index >= 15 is 0 Å². The van der Waals surface area contributed by atoms with E-state index in [9.17, 15) is 22.4 Å². The summed E-state index contributed by atoms with van der Waals surface area (Å²) >= 11 is 0. The molecule has 0 aliphatic carbocycles. The van der Waals surface area contributed by atoms with Crippen LogP contribution in [0, 0.1) is 11.7 Å². The third-order valence-electron chi connectivity index (χ3n) is 4.40. The lowest BCUT2D eigenvalue weighted by atomic mass is 9.98. The molecule has 0 bridgehead atoms. The number of benzene rings is 1. The highest BCUT2D eigenvalue weighted by atomic mass is 32.2. The Labute approximate surface area is 152 Å². The summed E-state index contributed by atoms with van der Waals surface area (Å²) in [6.45, 7) is 2.06. The first-order chi connectivity index (χ1) is 12.3. The Balaban J connectivity index is 2.09. The van der Waals surface area contributed by atoms with E-state index in [4.69, 9.17) is 5.11 Å². The number of carbonyl (C=O) groups excluding carboxylic acids is 1. The van der Waals surface area contributed by atoms with Crippen LogP contribution in [0.5, 0.6) is 0 Å². The summed E-state index contributed by atoms with van der Waals surface area (Å²) in [7, 11) is -3.83. The number of rotatable bonds is 7. The van der Waals surface area contributed by atoms with Gasteiger partial charge in [0.1, 0.15) is 11.9 Å². The minimum absolute atomic E-state index is 0.0238. The molecule has 7 nitrogen and oxygen atoms in total. The molecule has 1 saturated heterocycles. The highest BCUT2D eigenvalue weighted by Crippen LogP contribution is 2.24. The number of nitrogens with one attached hydrogen (secondary N) is 1. The predicted molar refractivity (Wildman–Crippen MR) is 92.4 cm³/mol. The SMILES string of the molecule is CCCC(NC(=O)C1CCCN(S(=O)(=O)c2ccc(F)cc2)C1)C(=O)O. The summed E-state index contributed by atoms with van der Waals surface area (Å²) in [5, 5.41) is 11.6. The van der Waals surface area contributed by atoms with Gasteiger partial charge in [-0.1, -0.05) is 13.3 Å². The van der Waals surface area contributed by atoms with E-state index in [2.05, 4.69) is 5.32 Å². The number of hydrogen-bond donors (Lipinski definition) is 2. The maximum atomic E-state index is 13.0. The number of carboxylic acids is 1. The number of piperidine rings is 1. The Morgan fingerprint density at radius 2 is 2.00 bits per heavy atom. The Morgan fingerprint density at radius 1 is 1.35 bits per heavy atom. The van der Waals surface area contributed by atoms with Crippen molar-refractivity contribution >= 4 is 21.9 Å². The molecule has 2 N–H and O–H groups in total. The van der Waals surface area contributed by atoms with Crippen LogP contribution in [-0.2, 0) is 19.6 Å². The lowest BCUT2D eigenvalue weighted by Gasteiger charge is -2.31. The molecule has 2 atom stereocenters. The molecule has 1 aromatic carbocycles. The number of nitrogens with zero attached hydrogens (tertiary/aromatic N) is 1. The fraction of sp³-hybridized carbons (Fsp3) is 0.529. The van der Waals surface area contributed by atoms with Crippen LogP contribution in [0.1, 0.15) is 32.6 Å². The molecule has 26 heavy (non-hydrogen) atoms. The zero-order valence-electron chi connectivity index (χ0n) is 14.5. The highest BCUT2D eigenvalue weighted by Gasteiger charge is 2.34. The quantitative estimate of drug-likeness (QED) is 0.741. The third kappa shape index (κ3) is 4.79. The van der Waals surface area contributed by atoms with Crippen molar-refractivity contribution in [3.8, 4) is 0 Å². The van der Waals surface area contributed by atoms with Gasteiger partial charge >= 0.3 is 5.97 Å². The van der Waals surface area contributed by atoms with Crippen molar-refractivity contribution in [3.05, 3.63) is 30.1 Å². The Bertz CT molecular complexity index is 751. The number of sulfonamides is 1. The van der Waals surface area contributed by atoms with Crippen molar-refractivity contribution in [1.82, 2.24) is 9.62 Å². The van der Waals surface area contributed by atoms with Gasteiger partial charge in [-0.15, -0.1) is 0 Å². The molecule has 1 fully saturated rings. The topological polar surface area (TPSA) is 104 Å². The van der Waals surface area contributed by atoms with Gasteiger partial charge in [-0.2, -0.15) is 4.31 Å². The van der Waals surface area contributed by atoms with Gasteiger partial charge in [-0.3, -0.25) is 4.79 Å². The molecule has 1 aromatic rings. The Kier molecular flexibility index (Phi) is 6.71. The lowest BCUT2D eigenvalue weighted by Crippen LogP contribution is -2.49. The molecule has 9 heteroatoms. The molecule has 1 aliphatic rings. The normalized spacial score (nSPS) is 19.7. The molecule has 2 unspecified atom stereocenters. The van der Waals surface area contributed by atoms with Crippen molar-refractivity contribution in [3.63, 3.8) is 0 Å². The molecule has 2 rings (SSSR count). The third-order valence-corrected chi connectivity index (χ3v) is 6.28. The van der Waals surface area contributed by atoms with Crippen LogP contribution in [0.2, 0.25) is 0 Å². The molecular formula is C17H23FN2O5S. The van der Waals surface area contributed by atoms with E-state index in [1.807, 2.05) is 6.92 Å². The van der Waals surface area contributed by atoms with Gasteiger partial charge in [-0.05, 0) is 43.5 Å². The number of halogens is 1. The van der Waals surface area contributed by atoms with Crippen molar-refractivity contribution in [2.45, 2.75) is 43.5 Å². The van der Waals surface area contributed by atoms with Gasteiger partial charge < -0.3 is 10.4 Å². The van der Waals surface area contributed by atoms with Crippen LogP contribution < -0.4 is 5.32 Å². The second-order valence-corrected chi connectivity index (χ2v) is 8.28. The van der Waals surface area contributed by atoms with E-state index in [-0.39, 0.29) is 18.0 Å². The average molecular weight is 386 g/mol. The minimum Gasteiger partial charge on any atom is -0.480 e. The van der Waals surface area contributed by atoms with E-state index in [0.717, 1.165) is 12.1 Å². The number of carboxylic acid groups (broad SMARTS) is 1. The maximum absolute atomic E-state index is 13.0. The summed E-state index contributed by atoms with van der Waals surface area (Å²) in [6, 6.07) is 3.55. The van der Waals surface area contributed by atoms with Crippen molar-refractivity contribution in [2.24, 2.45) is 5.92 Å². The van der Waals surface area contributed by atoms with Gasteiger partial charge in [0.2, 0.25) is 15.9 Å². The summed E-state index contributed by atoms with van der Waals surface area (Å²) in [6.07, 6.45) is 1.89. The van der Waals surface area contributed by atoms with Crippen molar-refractivity contribution in [2.75, 3.05) is 13.1 Å². The lowest BCUT2D eigenvalue weighted by molar-refractivity contribution is -0.142. The molecule has 1 amide bonds. The maximum Gasteiger partial charge on any atom is 0.326 e. The van der Waals surface area contributed by atoms with E-state index in [0.29, 0.717) is 25.7 Å². The van der Waals surface area contributed by atoms with Gasteiger partial charge in [0.25, 0.3) is 0 Å². The van der Waals surface area contributed by atoms with Crippen molar-refractivity contribution < 1.29 is 27.5 Å². The molecule has 0 saturated carbocycles. The first-order valence-corrected chi connectivity index (χ1v) is 9.98. The monoisotopic (exact) mass is 386 g/mol. The molecule has 0 radical (unpaired) electrons. The first-order valence-electron chi connectivity index (χ1n) is 8.54. The number of hydrogen-bond acceptors (Lipinski definition) is 4. The standard InChI is InChI=1S/C17H23FN2O5S/c1-2-4-15(17(22)23)19-16(21)12-5-3-10-20(11-12)26(24,25)14-8-6-13(18)7-9-14/h6-9,12,15H,2-5,10-11H2,1H3,(H,19,21)(H,22,23). The van der Waals surface area contributed by atoms with E-state index < -0.39 is 39.7 Å². The predicted octanol–water partition coefficient (Wildman–Crippen LogP) is 1.60. The summed E-state index contributed by atoms with van der Waals surface area (Å²) < 4.78 is 39.6. The molecule has 0 aromatic heterocycles. The van der Waals surface area contributed by atoms with Crippen LogP contribution in [0.25, 0.3) is 0 Å².